The van der Waals surface area contributed by atoms with Crippen LogP contribution in [0.4, 0.5) is 0 Å². The highest BCUT2D eigenvalue weighted by Gasteiger charge is 2.19. The van der Waals surface area contributed by atoms with E-state index in [2.05, 4.69) is 62.9 Å². The second-order valence-corrected chi connectivity index (χ2v) is 7.73. The Morgan fingerprint density at radius 1 is 1.32 bits per heavy atom. The fraction of sp³-hybridized carbons (Fsp3) is 0.619. The van der Waals surface area contributed by atoms with Gasteiger partial charge in [-0.15, -0.1) is 0 Å². The molecule has 1 fully saturated rings. The number of aromatic nitrogens is 2. The first kappa shape index (κ1) is 20.6. The zero-order chi connectivity index (χ0) is 19.9. The van der Waals surface area contributed by atoms with E-state index in [1.54, 1.807) is 0 Å². The maximum atomic E-state index is 5.66. The number of ether oxygens (including phenoxy) is 1. The Morgan fingerprint density at radius 3 is 2.79 bits per heavy atom. The average Bonchev–Trinajstić information content (AvgIpc) is 3.10. The molecule has 0 radical (unpaired) electrons. The van der Waals surface area contributed by atoms with E-state index in [0.717, 1.165) is 56.4 Å². The molecule has 3 rings (SSSR count). The Labute approximate surface area is 168 Å². The second kappa shape index (κ2) is 9.89. The molecule has 0 spiro atoms. The van der Waals surface area contributed by atoms with Crippen LogP contribution in [-0.2, 0) is 11.3 Å². The molecule has 1 aliphatic heterocycles. The predicted molar refractivity (Wildman–Crippen MR) is 114 cm³/mol. The zero-order valence-corrected chi connectivity index (χ0v) is 17.6. The smallest absolute Gasteiger partial charge is 0.191 e. The Hall–Kier alpha value is -2.12. The predicted octanol–water partition coefficient (Wildman–Crippen LogP) is 2.20. The number of fused-ring (bicyclic) bond motifs is 1. The van der Waals surface area contributed by atoms with Crippen molar-refractivity contribution in [3.63, 3.8) is 0 Å². The van der Waals surface area contributed by atoms with E-state index in [9.17, 15) is 0 Å². The zero-order valence-electron chi connectivity index (χ0n) is 17.6. The van der Waals surface area contributed by atoms with Crippen molar-refractivity contribution in [3.8, 4) is 0 Å². The van der Waals surface area contributed by atoms with Crippen LogP contribution in [0.3, 0.4) is 0 Å². The van der Waals surface area contributed by atoms with Crippen molar-refractivity contribution in [2.24, 2.45) is 4.99 Å². The number of guanidine groups is 1. The summed E-state index contributed by atoms with van der Waals surface area (Å²) in [5, 5.41) is 6.96. The van der Waals surface area contributed by atoms with Gasteiger partial charge in [-0.1, -0.05) is 6.07 Å². The number of hydrogen-bond acceptors (Lipinski definition) is 4. The van der Waals surface area contributed by atoms with E-state index in [0.29, 0.717) is 18.7 Å². The monoisotopic (exact) mass is 386 g/mol. The van der Waals surface area contributed by atoms with Crippen molar-refractivity contribution < 1.29 is 4.74 Å². The number of hydrogen-bond donors (Lipinski definition) is 2. The summed E-state index contributed by atoms with van der Waals surface area (Å²) < 4.78 is 7.78. The second-order valence-electron chi connectivity index (χ2n) is 7.73. The number of rotatable bonds is 7. The van der Waals surface area contributed by atoms with Crippen LogP contribution in [0.25, 0.3) is 5.65 Å². The number of likely N-dealkylation sites (tertiary alicyclic amines) is 1. The Morgan fingerprint density at radius 2 is 2.11 bits per heavy atom. The lowest BCUT2D eigenvalue weighted by atomic mass is 10.1. The molecule has 7 heteroatoms. The molecule has 0 saturated carbocycles. The molecule has 7 nitrogen and oxygen atoms in total. The quantitative estimate of drug-likeness (QED) is 0.564. The van der Waals surface area contributed by atoms with Gasteiger partial charge in [0.25, 0.3) is 0 Å². The van der Waals surface area contributed by atoms with Crippen molar-refractivity contribution in [1.82, 2.24) is 24.9 Å². The van der Waals surface area contributed by atoms with Gasteiger partial charge in [0.2, 0.25) is 0 Å². The number of aryl methyl sites for hydroxylation is 1. The van der Waals surface area contributed by atoms with Gasteiger partial charge in [0.1, 0.15) is 5.65 Å². The third kappa shape index (κ3) is 5.69. The summed E-state index contributed by atoms with van der Waals surface area (Å²) in [6.45, 7) is 11.0. The maximum absolute atomic E-state index is 5.66. The van der Waals surface area contributed by atoms with Crippen LogP contribution in [0.5, 0.6) is 0 Å². The number of imidazole rings is 1. The summed E-state index contributed by atoms with van der Waals surface area (Å²) in [7, 11) is 1.82. The van der Waals surface area contributed by atoms with E-state index >= 15 is 0 Å². The van der Waals surface area contributed by atoms with E-state index in [4.69, 9.17) is 4.74 Å². The number of nitrogens with one attached hydrogen (secondary N) is 2. The third-order valence-electron chi connectivity index (χ3n) is 5.19. The summed E-state index contributed by atoms with van der Waals surface area (Å²) in [5.74, 6) is 0.843. The summed E-state index contributed by atoms with van der Waals surface area (Å²) >= 11 is 0. The Balaban J connectivity index is 1.43. The summed E-state index contributed by atoms with van der Waals surface area (Å²) in [4.78, 5) is 11.5. The number of aliphatic imine (C=N–C) groups is 1. The summed E-state index contributed by atoms with van der Waals surface area (Å²) in [6.07, 6.45) is 4.64. The molecule has 1 saturated heterocycles. The number of nitrogens with zero attached hydrogens (tertiary/aromatic N) is 4. The van der Waals surface area contributed by atoms with Crippen LogP contribution >= 0.6 is 0 Å². The normalized spacial score (nSPS) is 16.8. The maximum Gasteiger partial charge on any atom is 0.191 e. The molecule has 2 aromatic rings. The molecular formula is C21H34N6O. The van der Waals surface area contributed by atoms with E-state index in [1.165, 1.54) is 5.69 Å². The van der Waals surface area contributed by atoms with Gasteiger partial charge in [0, 0.05) is 44.6 Å². The minimum Gasteiger partial charge on any atom is -0.377 e. The van der Waals surface area contributed by atoms with Gasteiger partial charge in [0.15, 0.2) is 5.96 Å². The van der Waals surface area contributed by atoms with E-state index < -0.39 is 0 Å². The minimum absolute atomic E-state index is 0.311. The topological polar surface area (TPSA) is 66.2 Å². The molecule has 3 heterocycles. The Bertz CT molecular complexity index is 776. The molecule has 154 valence electrons. The Kier molecular flexibility index (Phi) is 7.28. The molecule has 1 aliphatic rings. The lowest BCUT2D eigenvalue weighted by molar-refractivity contribution is 0.0532. The van der Waals surface area contributed by atoms with Crippen LogP contribution in [0.2, 0.25) is 0 Å². The molecule has 2 N–H and O–H groups in total. The van der Waals surface area contributed by atoms with Crippen LogP contribution < -0.4 is 10.6 Å². The lowest BCUT2D eigenvalue weighted by Crippen LogP contribution is -2.49. The lowest BCUT2D eigenvalue weighted by Gasteiger charge is -2.33. The molecule has 0 aliphatic carbocycles. The molecule has 0 unspecified atom stereocenters. The average molecular weight is 387 g/mol. The number of pyridine rings is 1. The molecule has 0 bridgehead atoms. The first-order valence-corrected chi connectivity index (χ1v) is 10.3. The molecule has 28 heavy (non-hydrogen) atoms. The van der Waals surface area contributed by atoms with E-state index in [1.807, 2.05) is 19.2 Å². The van der Waals surface area contributed by atoms with Gasteiger partial charge in [-0.2, -0.15) is 0 Å². The van der Waals surface area contributed by atoms with Gasteiger partial charge in [0.05, 0.1) is 24.9 Å². The molecule has 0 amide bonds. The van der Waals surface area contributed by atoms with Crippen molar-refractivity contribution in [2.75, 3.05) is 33.3 Å². The van der Waals surface area contributed by atoms with Crippen molar-refractivity contribution in [1.29, 1.82) is 0 Å². The van der Waals surface area contributed by atoms with Crippen LogP contribution in [0.1, 0.15) is 38.1 Å². The van der Waals surface area contributed by atoms with Gasteiger partial charge >= 0.3 is 0 Å². The highest BCUT2D eigenvalue weighted by Crippen LogP contribution is 2.11. The van der Waals surface area contributed by atoms with Crippen LogP contribution in [0.15, 0.2) is 29.4 Å². The largest absolute Gasteiger partial charge is 0.377 e. The van der Waals surface area contributed by atoms with Crippen molar-refractivity contribution in [3.05, 3.63) is 35.8 Å². The first-order chi connectivity index (χ1) is 13.5. The molecule has 0 atom stereocenters. The standard InChI is InChI=1S/C21H34N6O/c1-16(2)28-13-12-26-10-8-18(9-11-26)25-21(22-4)23-14-19-15-27-17(3)6-5-7-20(27)24-19/h5-7,15-16,18H,8-14H2,1-4H3,(H2,22,23,25). The van der Waals surface area contributed by atoms with Crippen molar-refractivity contribution in [2.45, 2.75) is 52.3 Å². The molecule has 0 aromatic carbocycles. The molecular weight excluding hydrogens is 352 g/mol. The van der Waals surface area contributed by atoms with Gasteiger partial charge in [-0.3, -0.25) is 4.99 Å². The number of piperidine rings is 1. The first-order valence-electron chi connectivity index (χ1n) is 10.3. The van der Waals surface area contributed by atoms with Crippen LogP contribution in [-0.4, -0.2) is 65.7 Å². The van der Waals surface area contributed by atoms with Crippen molar-refractivity contribution >= 4 is 11.6 Å². The van der Waals surface area contributed by atoms with Gasteiger partial charge in [-0.05, 0) is 45.7 Å². The fourth-order valence-corrected chi connectivity index (χ4v) is 3.56. The minimum atomic E-state index is 0.311. The third-order valence-corrected chi connectivity index (χ3v) is 5.19. The van der Waals surface area contributed by atoms with Gasteiger partial charge < -0.3 is 24.7 Å². The molecule has 2 aromatic heterocycles. The highest BCUT2D eigenvalue weighted by molar-refractivity contribution is 5.79. The summed E-state index contributed by atoms with van der Waals surface area (Å²) in [5.41, 5.74) is 3.18. The SMILES string of the molecule is CN=C(NCc1cn2c(C)cccc2n1)NC1CCN(CCOC(C)C)CC1. The summed E-state index contributed by atoms with van der Waals surface area (Å²) in [6, 6.07) is 6.62. The van der Waals surface area contributed by atoms with E-state index in [-0.39, 0.29) is 0 Å². The fourth-order valence-electron chi connectivity index (χ4n) is 3.56. The van der Waals surface area contributed by atoms with Crippen LogP contribution in [0, 0.1) is 6.92 Å². The highest BCUT2D eigenvalue weighted by atomic mass is 16.5. The van der Waals surface area contributed by atoms with Gasteiger partial charge in [-0.25, -0.2) is 4.98 Å².